The number of aromatic carboxylic acids is 1. The van der Waals surface area contributed by atoms with Gasteiger partial charge in [0.2, 0.25) is 3.79 Å². The average molecular weight is 461 g/mol. The molecule has 28 heavy (non-hydrogen) atoms. The van der Waals surface area contributed by atoms with Gasteiger partial charge in [0.05, 0.1) is 11.3 Å². The first-order valence-corrected chi connectivity index (χ1v) is 9.47. The molecule has 0 saturated heterocycles. The maximum absolute atomic E-state index is 12.5. The van der Waals surface area contributed by atoms with Gasteiger partial charge in [-0.05, 0) is 42.9 Å². The Morgan fingerprint density at radius 2 is 1.57 bits per heavy atom. The van der Waals surface area contributed by atoms with Gasteiger partial charge in [-0.2, -0.15) is 0 Å². The van der Waals surface area contributed by atoms with Crippen molar-refractivity contribution >= 4 is 69.7 Å². The lowest BCUT2D eigenvalue weighted by atomic mass is 10.1. The lowest BCUT2D eigenvalue weighted by molar-refractivity contribution is 0.0697. The second-order valence-corrected chi connectivity index (χ2v) is 8.49. The Kier molecular flexibility index (Phi) is 7.48. The molecule has 1 amide bonds. The Hall–Kier alpha value is -2.06. The number of alkyl halides is 3. The maximum atomic E-state index is 12.5. The van der Waals surface area contributed by atoms with Gasteiger partial charge >= 0.3 is 5.97 Å². The number of anilines is 1. The number of halogens is 3. The summed E-state index contributed by atoms with van der Waals surface area (Å²) in [6.45, 7) is 1.78. The fraction of sp³-hybridized carbons (Fsp3) is 0.167. The van der Waals surface area contributed by atoms with Crippen molar-refractivity contribution in [2.75, 3.05) is 5.32 Å². The Bertz CT molecular complexity index is 903. The highest BCUT2D eigenvalue weighted by Crippen LogP contribution is 2.29. The van der Waals surface area contributed by atoms with Crippen molar-refractivity contribution in [2.24, 2.45) is 0 Å². The second kappa shape index (κ2) is 9.43. The molecule has 0 heterocycles. The van der Waals surface area contributed by atoms with Gasteiger partial charge in [0, 0.05) is 5.56 Å². The minimum atomic E-state index is -1.93. The number of nitrogens with one attached hydrogen (secondary N) is 3. The standard InChI is InChI=1S/C18H16Cl3N3O3S/c1-10-6-2-3-7-11(10)14(25)23-16(18(19,20)21)24-17(28)22-13-9-5-4-8-12(13)15(26)27/h2-9,16H,1H3,(H,23,25)(H,26,27)(H2,22,24,28)/t16-/m1/s1. The van der Waals surface area contributed by atoms with E-state index in [4.69, 9.17) is 47.0 Å². The van der Waals surface area contributed by atoms with E-state index in [0.29, 0.717) is 5.56 Å². The van der Waals surface area contributed by atoms with Crippen LogP contribution >= 0.6 is 47.0 Å². The largest absolute Gasteiger partial charge is 0.478 e. The van der Waals surface area contributed by atoms with Crippen molar-refractivity contribution in [3.63, 3.8) is 0 Å². The minimum absolute atomic E-state index is 0.0148. The number of aryl methyl sites for hydroxylation is 1. The predicted molar refractivity (Wildman–Crippen MR) is 115 cm³/mol. The number of hydrogen-bond donors (Lipinski definition) is 4. The van der Waals surface area contributed by atoms with Crippen LogP contribution in [0.4, 0.5) is 5.69 Å². The third-order valence-electron chi connectivity index (χ3n) is 3.67. The number of carbonyl (C=O) groups is 2. The number of carboxylic acids is 1. The molecule has 0 radical (unpaired) electrons. The summed E-state index contributed by atoms with van der Waals surface area (Å²) in [6.07, 6.45) is -1.18. The third-order valence-corrected chi connectivity index (χ3v) is 4.55. The number of amides is 1. The molecular formula is C18H16Cl3N3O3S. The number of carboxylic acid groups (broad SMARTS) is 1. The van der Waals surface area contributed by atoms with E-state index in [9.17, 15) is 14.7 Å². The van der Waals surface area contributed by atoms with Crippen molar-refractivity contribution in [1.29, 1.82) is 0 Å². The first-order chi connectivity index (χ1) is 13.1. The van der Waals surface area contributed by atoms with Crippen LogP contribution in [0, 0.1) is 6.92 Å². The number of thiocarbonyl (C=S) groups is 1. The normalized spacial score (nSPS) is 12.0. The molecule has 0 saturated carbocycles. The van der Waals surface area contributed by atoms with Gasteiger partial charge in [-0.15, -0.1) is 0 Å². The lowest BCUT2D eigenvalue weighted by Gasteiger charge is -2.28. The van der Waals surface area contributed by atoms with E-state index in [2.05, 4.69) is 16.0 Å². The van der Waals surface area contributed by atoms with Gasteiger partial charge in [-0.25, -0.2) is 4.79 Å². The molecule has 0 unspecified atom stereocenters. The summed E-state index contributed by atoms with van der Waals surface area (Å²) in [5.41, 5.74) is 1.43. The first kappa shape index (κ1) is 22.2. The molecule has 0 aliphatic rings. The fourth-order valence-electron chi connectivity index (χ4n) is 2.30. The quantitative estimate of drug-likeness (QED) is 0.305. The van der Waals surface area contributed by atoms with Crippen molar-refractivity contribution < 1.29 is 14.7 Å². The molecule has 2 aromatic carbocycles. The zero-order valence-corrected chi connectivity index (χ0v) is 17.6. The van der Waals surface area contributed by atoms with Gasteiger partial charge in [0.15, 0.2) is 5.11 Å². The maximum Gasteiger partial charge on any atom is 0.337 e. The highest BCUT2D eigenvalue weighted by Gasteiger charge is 2.35. The van der Waals surface area contributed by atoms with Crippen molar-refractivity contribution in [3.8, 4) is 0 Å². The Balaban J connectivity index is 2.15. The Morgan fingerprint density at radius 1 is 1.00 bits per heavy atom. The molecule has 0 aliphatic heterocycles. The van der Waals surface area contributed by atoms with E-state index >= 15 is 0 Å². The molecule has 0 bridgehead atoms. The molecule has 2 rings (SSSR count). The van der Waals surface area contributed by atoms with Crippen LogP contribution in [0.5, 0.6) is 0 Å². The number of rotatable bonds is 5. The van der Waals surface area contributed by atoms with E-state index < -0.39 is 21.8 Å². The molecule has 0 aromatic heterocycles. The van der Waals surface area contributed by atoms with Crippen LogP contribution in [0.1, 0.15) is 26.3 Å². The van der Waals surface area contributed by atoms with Gasteiger partial charge in [0.1, 0.15) is 6.17 Å². The molecule has 1 atom stereocenters. The van der Waals surface area contributed by atoms with Crippen molar-refractivity contribution in [1.82, 2.24) is 10.6 Å². The van der Waals surface area contributed by atoms with Gasteiger partial charge in [-0.1, -0.05) is 65.1 Å². The van der Waals surface area contributed by atoms with E-state index in [1.165, 1.54) is 12.1 Å². The van der Waals surface area contributed by atoms with Crippen LogP contribution in [-0.2, 0) is 0 Å². The lowest BCUT2D eigenvalue weighted by Crippen LogP contribution is -2.56. The fourth-order valence-corrected chi connectivity index (χ4v) is 2.86. The molecule has 4 N–H and O–H groups in total. The van der Waals surface area contributed by atoms with Crippen LogP contribution < -0.4 is 16.0 Å². The Morgan fingerprint density at radius 3 is 2.14 bits per heavy atom. The van der Waals surface area contributed by atoms with Crippen LogP contribution in [0.25, 0.3) is 0 Å². The average Bonchev–Trinajstić information content (AvgIpc) is 2.60. The number of para-hydroxylation sites is 1. The van der Waals surface area contributed by atoms with Gasteiger partial charge in [-0.3, -0.25) is 4.79 Å². The van der Waals surface area contributed by atoms with Gasteiger partial charge < -0.3 is 21.1 Å². The zero-order valence-electron chi connectivity index (χ0n) is 14.5. The summed E-state index contributed by atoms with van der Waals surface area (Å²) >= 11 is 23.1. The molecular weight excluding hydrogens is 445 g/mol. The second-order valence-electron chi connectivity index (χ2n) is 5.71. The molecule has 6 nitrogen and oxygen atoms in total. The van der Waals surface area contributed by atoms with Crippen molar-refractivity contribution in [3.05, 3.63) is 65.2 Å². The van der Waals surface area contributed by atoms with E-state index in [-0.39, 0.29) is 16.4 Å². The topological polar surface area (TPSA) is 90.5 Å². The molecule has 148 valence electrons. The van der Waals surface area contributed by atoms with Crippen LogP contribution in [-0.4, -0.2) is 32.1 Å². The summed E-state index contributed by atoms with van der Waals surface area (Å²) < 4.78 is -1.93. The highest BCUT2D eigenvalue weighted by atomic mass is 35.6. The molecule has 0 spiro atoms. The van der Waals surface area contributed by atoms with E-state index in [1.807, 2.05) is 0 Å². The monoisotopic (exact) mass is 459 g/mol. The summed E-state index contributed by atoms with van der Waals surface area (Å²) in [4.78, 5) is 23.8. The SMILES string of the molecule is Cc1ccccc1C(=O)N[C@H](NC(=S)Nc1ccccc1C(=O)O)C(Cl)(Cl)Cl. The zero-order chi connectivity index (χ0) is 20.9. The van der Waals surface area contributed by atoms with Gasteiger partial charge in [0.25, 0.3) is 5.91 Å². The molecule has 0 fully saturated rings. The molecule has 0 aliphatic carbocycles. The van der Waals surface area contributed by atoms with Crippen LogP contribution in [0.2, 0.25) is 0 Å². The third kappa shape index (κ3) is 5.97. The van der Waals surface area contributed by atoms with E-state index in [1.54, 1.807) is 43.3 Å². The predicted octanol–water partition coefficient (Wildman–Crippen LogP) is 4.11. The van der Waals surface area contributed by atoms with Crippen LogP contribution in [0.15, 0.2) is 48.5 Å². The van der Waals surface area contributed by atoms with Crippen molar-refractivity contribution in [2.45, 2.75) is 16.9 Å². The molecule has 2 aromatic rings. The summed E-state index contributed by atoms with van der Waals surface area (Å²) in [7, 11) is 0. The highest BCUT2D eigenvalue weighted by molar-refractivity contribution is 7.80. The van der Waals surface area contributed by atoms with E-state index in [0.717, 1.165) is 5.56 Å². The van der Waals surface area contributed by atoms with Crippen LogP contribution in [0.3, 0.4) is 0 Å². The summed E-state index contributed by atoms with van der Waals surface area (Å²) in [5.74, 6) is -1.59. The smallest absolute Gasteiger partial charge is 0.337 e. The first-order valence-electron chi connectivity index (χ1n) is 7.92. The summed E-state index contributed by atoms with van der Waals surface area (Å²) in [5, 5.41) is 17.2. The molecule has 10 heteroatoms. The summed E-state index contributed by atoms with van der Waals surface area (Å²) in [6, 6.07) is 13.1. The number of carbonyl (C=O) groups excluding carboxylic acids is 1. The Labute approximate surface area is 182 Å². The number of benzene rings is 2. The number of hydrogen-bond acceptors (Lipinski definition) is 3. The minimum Gasteiger partial charge on any atom is -0.478 e.